The van der Waals surface area contributed by atoms with Crippen LogP contribution in [0.2, 0.25) is 0 Å². The second-order valence-corrected chi connectivity index (χ2v) is 15.6. The Bertz CT molecular complexity index is 3470. The minimum absolute atomic E-state index is 1.16. The van der Waals surface area contributed by atoms with Crippen molar-refractivity contribution in [2.75, 3.05) is 0 Å². The molecule has 0 radical (unpaired) electrons. The summed E-state index contributed by atoms with van der Waals surface area (Å²) in [5.41, 5.74) is 12.1. The normalized spacial score (nSPS) is 12.0. The van der Waals surface area contributed by atoms with Gasteiger partial charge in [0.25, 0.3) is 0 Å². The van der Waals surface area contributed by atoms with E-state index in [1.807, 2.05) is 11.3 Å². The predicted octanol–water partition coefficient (Wildman–Crippen LogP) is 14.7. The molecule has 12 aromatic rings. The Hall–Kier alpha value is -6.94. The van der Waals surface area contributed by atoms with Crippen LogP contribution in [0.1, 0.15) is 0 Å². The predicted molar refractivity (Wildman–Crippen MR) is 236 cm³/mol. The summed E-state index contributed by atoms with van der Waals surface area (Å²) >= 11 is 1.86. The summed E-state index contributed by atoms with van der Waals surface area (Å²) in [6, 6.07) is 71.5. The van der Waals surface area contributed by atoms with Crippen LogP contribution in [0.15, 0.2) is 194 Å². The third-order valence-corrected chi connectivity index (χ3v) is 12.6. The van der Waals surface area contributed by atoms with E-state index in [2.05, 4.69) is 203 Å². The fourth-order valence-electron chi connectivity index (χ4n) is 9.04. The molecule has 0 fully saturated rings. The molecule has 9 aromatic carbocycles. The van der Waals surface area contributed by atoms with E-state index in [-0.39, 0.29) is 0 Å². The third-order valence-electron chi connectivity index (χ3n) is 11.5. The van der Waals surface area contributed by atoms with Crippen LogP contribution in [0.3, 0.4) is 0 Å². The quantitative estimate of drug-likeness (QED) is 0.172. The first-order valence-electron chi connectivity index (χ1n) is 18.8. The lowest BCUT2D eigenvalue weighted by atomic mass is 9.94. The average Bonchev–Trinajstić information content (AvgIpc) is 3.91. The smallest absolute Gasteiger partial charge is 0.0625 e. The molecule has 2 nitrogen and oxygen atoms in total. The molecule has 0 saturated carbocycles. The number of rotatable bonds is 4. The molecule has 12 rings (SSSR count). The van der Waals surface area contributed by atoms with E-state index in [9.17, 15) is 0 Å². The number of thiophene rings is 1. The highest BCUT2D eigenvalue weighted by Crippen LogP contribution is 2.45. The standard InChI is InChI=1S/C52H32N2S/c1-3-13-33(14-4-1)42-31-36-15-7-8-18-39(36)52-51(42)45-30-35(24-27-48(45)54(52)37-16-5-2-6-17-37)34-23-26-47-43(29-34)40-19-9-11-21-46(40)53(47)38-25-28-50-44(32-38)41-20-10-12-22-49(41)55-50/h1-32H. The molecule has 3 aromatic heterocycles. The minimum atomic E-state index is 1.16. The number of hydrogen-bond acceptors (Lipinski definition) is 1. The summed E-state index contributed by atoms with van der Waals surface area (Å²) in [4.78, 5) is 0. The van der Waals surface area contributed by atoms with Gasteiger partial charge >= 0.3 is 0 Å². The van der Waals surface area contributed by atoms with E-state index in [1.165, 1.54) is 102 Å². The van der Waals surface area contributed by atoms with Gasteiger partial charge in [0.05, 0.1) is 22.1 Å². The summed E-state index contributed by atoms with van der Waals surface area (Å²) in [5, 5.41) is 10.2. The highest BCUT2D eigenvalue weighted by molar-refractivity contribution is 7.25. The molecule has 0 aliphatic heterocycles. The Kier molecular flexibility index (Phi) is 6.54. The van der Waals surface area contributed by atoms with Gasteiger partial charge < -0.3 is 9.13 Å². The fraction of sp³-hybridized carbons (Fsp3) is 0. The SMILES string of the molecule is c1ccc(-c2cc3ccccc3c3c2c2cc(-c4ccc5c(c4)c4ccccc4n5-c4ccc5sc6ccccc6c5c4)ccc2n3-c2ccccc2)cc1. The van der Waals surface area contributed by atoms with Crippen LogP contribution in [-0.4, -0.2) is 9.13 Å². The molecule has 3 heterocycles. The van der Waals surface area contributed by atoms with Crippen LogP contribution in [0.25, 0.3) is 108 Å². The molecule has 256 valence electrons. The van der Waals surface area contributed by atoms with E-state index < -0.39 is 0 Å². The van der Waals surface area contributed by atoms with Gasteiger partial charge in [-0.05, 0) is 100 Å². The van der Waals surface area contributed by atoms with Crippen LogP contribution in [0, 0.1) is 0 Å². The second kappa shape index (κ2) is 11.8. The van der Waals surface area contributed by atoms with Gasteiger partial charge in [0.2, 0.25) is 0 Å². The topological polar surface area (TPSA) is 9.86 Å². The summed E-state index contributed by atoms with van der Waals surface area (Å²) < 4.78 is 7.55. The van der Waals surface area contributed by atoms with Crippen LogP contribution < -0.4 is 0 Å². The molecule has 0 aliphatic carbocycles. The minimum Gasteiger partial charge on any atom is -0.309 e. The van der Waals surface area contributed by atoms with Gasteiger partial charge in [0.15, 0.2) is 0 Å². The maximum absolute atomic E-state index is 2.47. The zero-order valence-corrected chi connectivity index (χ0v) is 30.6. The van der Waals surface area contributed by atoms with E-state index in [1.54, 1.807) is 0 Å². The molecule has 0 N–H and O–H groups in total. The summed E-state index contributed by atoms with van der Waals surface area (Å²) in [7, 11) is 0. The molecular weight excluding hydrogens is 685 g/mol. The lowest BCUT2D eigenvalue weighted by Crippen LogP contribution is -1.94. The van der Waals surface area contributed by atoms with E-state index in [4.69, 9.17) is 0 Å². The Morgan fingerprint density at radius 3 is 1.76 bits per heavy atom. The monoisotopic (exact) mass is 716 g/mol. The summed E-state index contributed by atoms with van der Waals surface area (Å²) in [6.45, 7) is 0. The first-order chi connectivity index (χ1) is 27.3. The molecule has 55 heavy (non-hydrogen) atoms. The molecule has 0 saturated heterocycles. The number of nitrogens with zero attached hydrogens (tertiary/aromatic N) is 2. The molecule has 0 spiro atoms. The molecule has 0 amide bonds. The Morgan fingerprint density at radius 2 is 0.945 bits per heavy atom. The van der Waals surface area contributed by atoms with Gasteiger partial charge in [-0.1, -0.05) is 121 Å². The van der Waals surface area contributed by atoms with Gasteiger partial charge in [-0.25, -0.2) is 0 Å². The zero-order chi connectivity index (χ0) is 36.0. The lowest BCUT2D eigenvalue weighted by Gasteiger charge is -2.12. The van der Waals surface area contributed by atoms with Crippen LogP contribution in [0.4, 0.5) is 0 Å². The van der Waals surface area contributed by atoms with Gasteiger partial charge in [0, 0.05) is 58.5 Å². The van der Waals surface area contributed by atoms with Gasteiger partial charge in [-0.2, -0.15) is 0 Å². The lowest BCUT2D eigenvalue weighted by molar-refractivity contribution is 1.19. The van der Waals surface area contributed by atoms with Crippen LogP contribution >= 0.6 is 11.3 Å². The van der Waals surface area contributed by atoms with Crippen molar-refractivity contribution in [3.05, 3.63) is 194 Å². The van der Waals surface area contributed by atoms with E-state index in [0.717, 1.165) is 5.69 Å². The molecular formula is C52H32N2S. The van der Waals surface area contributed by atoms with Crippen molar-refractivity contribution in [3.63, 3.8) is 0 Å². The Labute approximate surface area is 321 Å². The van der Waals surface area contributed by atoms with E-state index >= 15 is 0 Å². The maximum Gasteiger partial charge on any atom is 0.0625 e. The maximum atomic E-state index is 2.47. The summed E-state index contributed by atoms with van der Waals surface area (Å²) in [6.07, 6.45) is 0. The first kappa shape index (κ1) is 30.5. The first-order valence-corrected chi connectivity index (χ1v) is 19.7. The van der Waals surface area contributed by atoms with Gasteiger partial charge in [-0.15, -0.1) is 11.3 Å². The number of hydrogen-bond donors (Lipinski definition) is 0. The Morgan fingerprint density at radius 1 is 0.327 bits per heavy atom. The van der Waals surface area contributed by atoms with E-state index in [0.29, 0.717) is 0 Å². The fourth-order valence-corrected chi connectivity index (χ4v) is 10.1. The summed E-state index contributed by atoms with van der Waals surface area (Å²) in [5.74, 6) is 0. The van der Waals surface area contributed by atoms with Gasteiger partial charge in [0.1, 0.15) is 0 Å². The van der Waals surface area contributed by atoms with Crippen LogP contribution in [-0.2, 0) is 0 Å². The number of aromatic nitrogens is 2. The van der Waals surface area contributed by atoms with Crippen molar-refractivity contribution in [1.29, 1.82) is 0 Å². The third kappa shape index (κ3) is 4.54. The largest absolute Gasteiger partial charge is 0.309 e. The molecule has 0 bridgehead atoms. The van der Waals surface area contributed by atoms with Gasteiger partial charge in [-0.3, -0.25) is 0 Å². The highest BCUT2D eigenvalue weighted by Gasteiger charge is 2.21. The zero-order valence-electron chi connectivity index (χ0n) is 29.8. The van der Waals surface area contributed by atoms with Crippen molar-refractivity contribution < 1.29 is 0 Å². The van der Waals surface area contributed by atoms with Crippen molar-refractivity contribution in [1.82, 2.24) is 9.13 Å². The average molecular weight is 717 g/mol. The van der Waals surface area contributed by atoms with Crippen molar-refractivity contribution in [2.45, 2.75) is 0 Å². The number of benzene rings is 9. The van der Waals surface area contributed by atoms with Crippen molar-refractivity contribution >= 4 is 85.9 Å². The highest BCUT2D eigenvalue weighted by atomic mass is 32.1. The molecule has 0 atom stereocenters. The Balaban J connectivity index is 1.11. The molecule has 0 aliphatic rings. The van der Waals surface area contributed by atoms with Crippen molar-refractivity contribution in [3.8, 4) is 33.6 Å². The molecule has 3 heteroatoms. The second-order valence-electron chi connectivity index (χ2n) is 14.5. The van der Waals surface area contributed by atoms with Crippen molar-refractivity contribution in [2.24, 2.45) is 0 Å². The number of fused-ring (bicyclic) bond motifs is 11. The molecule has 0 unspecified atom stereocenters. The number of para-hydroxylation sites is 2. The van der Waals surface area contributed by atoms with Crippen LogP contribution in [0.5, 0.6) is 0 Å².